The van der Waals surface area contributed by atoms with Crippen molar-refractivity contribution in [3.05, 3.63) is 35.5 Å². The Morgan fingerprint density at radius 3 is 2.51 bits per heavy atom. The molecular weight excluding hydrogens is 730 g/mol. The summed E-state index contributed by atoms with van der Waals surface area (Å²) in [6.45, 7) is 7.06. The van der Waals surface area contributed by atoms with Crippen LogP contribution in [0.5, 0.6) is 11.6 Å². The molecule has 4 heterocycles. The number of alkyl halides is 4. The van der Waals surface area contributed by atoms with E-state index in [0.29, 0.717) is 25.7 Å². The molecule has 5 rings (SSSR count). The summed E-state index contributed by atoms with van der Waals surface area (Å²) in [5, 5.41) is 5.27. The number of fused-ring (bicyclic) bond motifs is 3. The van der Waals surface area contributed by atoms with Crippen LogP contribution < -0.4 is 20.1 Å². The second-order valence-electron chi connectivity index (χ2n) is 14.5. The van der Waals surface area contributed by atoms with Crippen LogP contribution in [0.2, 0.25) is 0 Å². The van der Waals surface area contributed by atoms with Crippen molar-refractivity contribution in [1.82, 2.24) is 25.5 Å². The quantitative estimate of drug-likeness (QED) is 0.159. The van der Waals surface area contributed by atoms with E-state index in [9.17, 15) is 32.3 Å². The minimum Gasteiger partial charge on any atom is -0.486 e. The van der Waals surface area contributed by atoms with Gasteiger partial charge in [0, 0.05) is 12.5 Å². The molecule has 6 unspecified atom stereocenters. The molecule has 2 aromatic rings. The van der Waals surface area contributed by atoms with Crippen LogP contribution in [0.4, 0.5) is 22.4 Å². The van der Waals surface area contributed by atoms with Crippen molar-refractivity contribution >= 4 is 34.9 Å². The first-order valence-electron chi connectivity index (χ1n) is 18.1. The average Bonchev–Trinajstić information content (AvgIpc) is 3.51. The average molecular weight is 776 g/mol. The summed E-state index contributed by atoms with van der Waals surface area (Å²) >= 11 is 0. The molecule has 1 aliphatic carbocycles. The van der Waals surface area contributed by atoms with E-state index in [2.05, 4.69) is 32.4 Å². The number of rotatable bonds is 7. The van der Waals surface area contributed by atoms with Crippen molar-refractivity contribution < 1.29 is 55.7 Å². The Balaban J connectivity index is 1.59. The minimum atomic E-state index is -5.12. The molecule has 2 aromatic heterocycles. The molecule has 3 amide bonds. The zero-order valence-electron chi connectivity index (χ0n) is 31.5. The number of allylic oxidation sites excluding steroid dienone is 1. The number of amides is 3. The molecular formula is C38H45F4N5O8. The number of hydrogen-bond donors (Lipinski definition) is 2. The normalized spacial score (nSPS) is 25.1. The number of hydrogen-bond acceptors (Lipinski definition) is 10. The molecule has 0 aromatic carbocycles. The van der Waals surface area contributed by atoms with Gasteiger partial charge in [-0.25, -0.2) is 23.9 Å². The lowest BCUT2D eigenvalue weighted by molar-refractivity contribution is -0.153. The van der Waals surface area contributed by atoms with Crippen LogP contribution in [-0.4, -0.2) is 88.3 Å². The molecule has 0 bridgehead atoms. The van der Waals surface area contributed by atoms with Gasteiger partial charge >= 0.3 is 18.2 Å². The Morgan fingerprint density at radius 1 is 1.15 bits per heavy atom. The summed E-state index contributed by atoms with van der Waals surface area (Å²) < 4.78 is 81.2. The summed E-state index contributed by atoms with van der Waals surface area (Å²) in [5.41, 5.74) is -5.31. The number of aromatic nitrogens is 2. The Bertz CT molecular complexity index is 1900. The number of pyridine rings is 2. The fraction of sp³-hybridized carbons (Fsp3) is 0.579. The lowest BCUT2D eigenvalue weighted by Gasteiger charge is -2.37. The second kappa shape index (κ2) is 16.3. The molecule has 55 heavy (non-hydrogen) atoms. The molecule has 17 heteroatoms. The van der Waals surface area contributed by atoms with Gasteiger partial charge in [-0.05, 0) is 59.9 Å². The monoisotopic (exact) mass is 775 g/mol. The van der Waals surface area contributed by atoms with Crippen LogP contribution in [0.1, 0.15) is 90.6 Å². The predicted octanol–water partition coefficient (Wildman–Crippen LogP) is 5.50. The van der Waals surface area contributed by atoms with Gasteiger partial charge < -0.3 is 34.5 Å². The highest BCUT2D eigenvalue weighted by molar-refractivity contribution is 5.98. The highest BCUT2D eigenvalue weighted by atomic mass is 19.4. The number of carbonyl (C=O) groups is 4. The van der Waals surface area contributed by atoms with Gasteiger partial charge in [-0.1, -0.05) is 36.8 Å². The molecule has 1 saturated heterocycles. The third kappa shape index (κ3) is 9.05. The van der Waals surface area contributed by atoms with Crippen molar-refractivity contribution in [2.24, 2.45) is 5.92 Å². The Kier molecular flexibility index (Phi) is 12.2. The van der Waals surface area contributed by atoms with Crippen molar-refractivity contribution in [2.75, 3.05) is 20.3 Å². The topological polar surface area (TPSA) is 158 Å². The zero-order valence-corrected chi connectivity index (χ0v) is 31.5. The number of halogens is 4. The summed E-state index contributed by atoms with van der Waals surface area (Å²) in [7, 11) is 1.29. The molecule has 0 radical (unpaired) electrons. The molecule has 2 aliphatic heterocycles. The van der Waals surface area contributed by atoms with Crippen LogP contribution in [0.3, 0.4) is 0 Å². The Labute approximate surface area is 315 Å². The van der Waals surface area contributed by atoms with Gasteiger partial charge in [-0.15, -0.1) is 0 Å². The van der Waals surface area contributed by atoms with Gasteiger partial charge in [0.2, 0.25) is 23.2 Å². The number of ether oxygens (including phenoxy) is 4. The maximum absolute atomic E-state index is 15.4. The molecule has 2 N–H and O–H groups in total. The standard InChI is InChI=1S/C38H45F4N5O8/c1-7-53-34(50)37-18-17-22(37)13-11-9-8-10-12-14-25(44-35(51)55-36(3,4)5)33(49)47-20-23(19-26(47)32(48)46-37)54-30-28(21(2)39)29-24(15-16-27(45-29)52-6)43-31(30)38(40,41)42/h11,13,15-16,21-23,25-26H,7-10,12,14,19-20H2,1-6H3,(H,44,51)(H,46,48). The third-order valence-electron chi connectivity index (χ3n) is 9.29. The molecule has 0 saturated carbocycles. The van der Waals surface area contributed by atoms with E-state index in [1.807, 2.05) is 6.08 Å². The van der Waals surface area contributed by atoms with Gasteiger partial charge in [0.1, 0.15) is 35.5 Å². The van der Waals surface area contributed by atoms with Crippen LogP contribution in [0.25, 0.3) is 11.0 Å². The van der Waals surface area contributed by atoms with Gasteiger partial charge in [0.05, 0.1) is 37.3 Å². The van der Waals surface area contributed by atoms with E-state index in [4.69, 9.17) is 18.9 Å². The summed E-state index contributed by atoms with van der Waals surface area (Å²) in [5.74, 6) is 1.42. The molecule has 1 fully saturated rings. The number of nitrogens with zero attached hydrogens (tertiary/aromatic N) is 3. The van der Waals surface area contributed by atoms with E-state index in [1.54, 1.807) is 33.8 Å². The molecule has 0 spiro atoms. The number of alkyl carbamates (subject to hydrolysis) is 1. The SMILES string of the molecule is CCOC(=O)C12C#CC1C=CCCCCCC(NC(=O)OC(C)(C)C)C(=O)N1CC(Oc3c(C(F)(F)F)nc4ccc(OC)nc4c3C(C)F)CC1C(=O)N2. The fourth-order valence-electron chi connectivity index (χ4n) is 6.74. The molecule has 13 nitrogen and oxygen atoms in total. The summed E-state index contributed by atoms with van der Waals surface area (Å²) in [4.78, 5) is 64.0. The Morgan fingerprint density at radius 2 is 1.89 bits per heavy atom. The summed E-state index contributed by atoms with van der Waals surface area (Å²) in [6.07, 6.45) is -3.68. The Hall–Kier alpha value is -5.14. The minimum absolute atomic E-state index is 0.0118. The van der Waals surface area contributed by atoms with Crippen molar-refractivity contribution in [1.29, 1.82) is 0 Å². The largest absolute Gasteiger partial charge is 0.486 e. The molecule has 298 valence electrons. The highest BCUT2D eigenvalue weighted by Gasteiger charge is 2.53. The predicted molar refractivity (Wildman–Crippen MR) is 189 cm³/mol. The van der Waals surface area contributed by atoms with Crippen LogP contribution in [0.15, 0.2) is 24.3 Å². The molecule has 6 atom stereocenters. The van der Waals surface area contributed by atoms with Gasteiger partial charge in [-0.3, -0.25) is 9.59 Å². The van der Waals surface area contributed by atoms with Crippen LogP contribution in [-0.2, 0) is 30.0 Å². The van der Waals surface area contributed by atoms with Crippen molar-refractivity contribution in [3.63, 3.8) is 0 Å². The molecule has 3 aliphatic rings. The third-order valence-corrected chi connectivity index (χ3v) is 9.29. The van der Waals surface area contributed by atoms with Crippen LogP contribution >= 0.6 is 0 Å². The second-order valence-corrected chi connectivity index (χ2v) is 14.5. The van der Waals surface area contributed by atoms with E-state index >= 15 is 4.39 Å². The highest BCUT2D eigenvalue weighted by Crippen LogP contribution is 2.44. The fourth-order valence-corrected chi connectivity index (χ4v) is 6.74. The number of nitrogens with one attached hydrogen (secondary N) is 2. The number of methoxy groups -OCH3 is 1. The first-order valence-corrected chi connectivity index (χ1v) is 18.1. The number of carbonyl (C=O) groups excluding carboxylic acids is 4. The van der Waals surface area contributed by atoms with Gasteiger partial charge in [0.25, 0.3) is 0 Å². The van der Waals surface area contributed by atoms with Crippen molar-refractivity contribution in [2.45, 2.75) is 115 Å². The van der Waals surface area contributed by atoms with E-state index in [-0.39, 0.29) is 29.9 Å². The lowest BCUT2D eigenvalue weighted by atomic mass is 9.76. The maximum atomic E-state index is 15.4. The van der Waals surface area contributed by atoms with Gasteiger partial charge in [-0.2, -0.15) is 13.2 Å². The number of esters is 1. The summed E-state index contributed by atoms with van der Waals surface area (Å²) in [6, 6.07) is -0.167. The van der Waals surface area contributed by atoms with E-state index in [0.717, 1.165) is 11.8 Å². The lowest BCUT2D eigenvalue weighted by Crippen LogP contribution is -2.65. The van der Waals surface area contributed by atoms with Crippen molar-refractivity contribution in [3.8, 4) is 23.5 Å². The maximum Gasteiger partial charge on any atom is 0.437 e. The zero-order chi connectivity index (χ0) is 40.3. The van der Waals surface area contributed by atoms with Gasteiger partial charge in [0.15, 0.2) is 11.4 Å². The smallest absolute Gasteiger partial charge is 0.437 e. The first-order chi connectivity index (χ1) is 25.9. The van der Waals surface area contributed by atoms with E-state index < -0.39 is 101 Å². The first kappa shape index (κ1) is 41.0. The van der Waals surface area contributed by atoms with Crippen LogP contribution in [0, 0.1) is 17.8 Å². The van der Waals surface area contributed by atoms with E-state index in [1.165, 1.54) is 19.2 Å².